The summed E-state index contributed by atoms with van der Waals surface area (Å²) in [5, 5.41) is 8.20. The maximum Gasteiger partial charge on any atom is 0.466 e. The van der Waals surface area contributed by atoms with Gasteiger partial charge in [0.05, 0.1) is 18.6 Å². The van der Waals surface area contributed by atoms with Gasteiger partial charge in [-0.3, -0.25) is 0 Å². The van der Waals surface area contributed by atoms with Crippen LogP contribution < -0.4 is 0 Å². The van der Waals surface area contributed by atoms with Gasteiger partial charge in [-0.25, -0.2) is 4.57 Å². The first-order valence-corrected chi connectivity index (χ1v) is 5.27. The van der Waals surface area contributed by atoms with Crippen LogP contribution in [0.4, 0.5) is 0 Å². The van der Waals surface area contributed by atoms with Crippen molar-refractivity contribution in [1.82, 2.24) is 0 Å². The molecular weight excluding hydrogens is 197 g/mol. The Hall–Kier alpha value is -0.440. The molecule has 0 aromatic rings. The highest BCUT2D eigenvalue weighted by molar-refractivity contribution is 7.45. The van der Waals surface area contributed by atoms with Crippen LogP contribution in [0.3, 0.4) is 0 Å². The van der Waals surface area contributed by atoms with E-state index in [0.29, 0.717) is 6.42 Å². The van der Waals surface area contributed by atoms with Crippen molar-refractivity contribution >= 4 is 7.82 Å². The van der Waals surface area contributed by atoms with Crippen molar-refractivity contribution < 1.29 is 24.0 Å². The zero-order valence-electron chi connectivity index (χ0n) is 6.96. The van der Waals surface area contributed by atoms with Gasteiger partial charge < -0.3 is 19.4 Å². The fourth-order valence-corrected chi connectivity index (χ4v) is 0.907. The van der Waals surface area contributed by atoms with Crippen molar-refractivity contribution in [3.8, 4) is 6.07 Å². The molecule has 76 valence electrons. The van der Waals surface area contributed by atoms with E-state index in [1.807, 2.05) is 0 Å². The maximum absolute atomic E-state index is 8.88. The van der Waals surface area contributed by atoms with E-state index in [9.17, 15) is 0 Å². The molecule has 1 saturated heterocycles. The molecule has 0 radical (unpaired) electrons. The Kier molecular flexibility index (Phi) is 5.88. The summed E-state index contributed by atoms with van der Waals surface area (Å²) in [6.07, 6.45) is 3.03. The molecule has 0 bridgehead atoms. The van der Waals surface area contributed by atoms with Gasteiger partial charge in [0.25, 0.3) is 0 Å². The number of ether oxygens (including phenoxy) is 1. The summed E-state index contributed by atoms with van der Waals surface area (Å²) in [4.78, 5) is 21.6. The van der Waals surface area contributed by atoms with Crippen LogP contribution in [0.2, 0.25) is 0 Å². The molecular formula is C6H12NO5P. The Bertz CT molecular complexity index is 205. The number of nitriles is 1. The number of hydrogen-bond acceptors (Lipinski definition) is 3. The topological polar surface area (TPSA) is 111 Å². The highest BCUT2D eigenvalue weighted by Crippen LogP contribution is 2.25. The van der Waals surface area contributed by atoms with Crippen LogP contribution in [0.25, 0.3) is 0 Å². The molecule has 0 saturated carbocycles. The minimum absolute atomic E-state index is 0.250. The molecule has 7 heteroatoms. The standard InChI is InChI=1S/C6H9NO.H3O4P/c7-4-3-6-2-1-5-8-6;1-5(2,3)4/h6H,1-3,5H2;(H3,1,2,3,4). The lowest BCUT2D eigenvalue weighted by Crippen LogP contribution is -2.01. The predicted molar refractivity (Wildman–Crippen MR) is 43.5 cm³/mol. The minimum atomic E-state index is -4.64. The van der Waals surface area contributed by atoms with Crippen LogP contribution in [0.1, 0.15) is 19.3 Å². The molecule has 0 spiro atoms. The molecule has 0 aromatic carbocycles. The number of phosphoric acid groups is 1. The molecule has 6 nitrogen and oxygen atoms in total. The van der Waals surface area contributed by atoms with E-state index in [-0.39, 0.29) is 6.10 Å². The van der Waals surface area contributed by atoms with E-state index in [4.69, 9.17) is 29.2 Å². The average Bonchev–Trinajstić information content (AvgIpc) is 2.36. The zero-order valence-corrected chi connectivity index (χ0v) is 7.85. The van der Waals surface area contributed by atoms with Crippen molar-refractivity contribution in [1.29, 1.82) is 5.26 Å². The van der Waals surface area contributed by atoms with Crippen LogP contribution in [0, 0.1) is 11.3 Å². The molecule has 0 amide bonds. The normalized spacial score (nSPS) is 21.5. The molecule has 0 aromatic heterocycles. The third-order valence-corrected chi connectivity index (χ3v) is 1.34. The molecule has 1 aliphatic rings. The summed E-state index contributed by atoms with van der Waals surface area (Å²) in [7, 11) is -4.64. The molecule has 1 heterocycles. The first kappa shape index (κ1) is 12.6. The molecule has 0 aliphatic carbocycles. The Morgan fingerprint density at radius 2 is 2.08 bits per heavy atom. The number of nitrogens with zero attached hydrogens (tertiary/aromatic N) is 1. The fraction of sp³-hybridized carbons (Fsp3) is 0.833. The first-order chi connectivity index (χ1) is 5.93. The summed E-state index contributed by atoms with van der Waals surface area (Å²) in [6.45, 7) is 0.854. The molecule has 13 heavy (non-hydrogen) atoms. The smallest absolute Gasteiger partial charge is 0.377 e. The van der Waals surface area contributed by atoms with E-state index in [1.165, 1.54) is 0 Å². The quantitative estimate of drug-likeness (QED) is 0.530. The van der Waals surface area contributed by atoms with Crippen molar-refractivity contribution in [3.05, 3.63) is 0 Å². The average molecular weight is 209 g/mol. The van der Waals surface area contributed by atoms with E-state index in [1.54, 1.807) is 0 Å². The monoisotopic (exact) mass is 209 g/mol. The summed E-state index contributed by atoms with van der Waals surface area (Å²) < 4.78 is 14.1. The van der Waals surface area contributed by atoms with E-state index >= 15 is 0 Å². The van der Waals surface area contributed by atoms with Crippen molar-refractivity contribution in [2.75, 3.05) is 6.61 Å². The summed E-state index contributed by atoms with van der Waals surface area (Å²) in [5.74, 6) is 0. The summed E-state index contributed by atoms with van der Waals surface area (Å²) in [5.41, 5.74) is 0. The van der Waals surface area contributed by atoms with E-state index in [0.717, 1.165) is 19.4 Å². The van der Waals surface area contributed by atoms with Gasteiger partial charge in [0, 0.05) is 6.61 Å². The lowest BCUT2D eigenvalue weighted by atomic mass is 10.2. The Morgan fingerprint density at radius 1 is 1.54 bits per heavy atom. The van der Waals surface area contributed by atoms with Crippen molar-refractivity contribution in [2.24, 2.45) is 0 Å². The zero-order chi connectivity index (χ0) is 10.3. The highest BCUT2D eigenvalue weighted by atomic mass is 31.2. The van der Waals surface area contributed by atoms with Crippen LogP contribution in [-0.2, 0) is 9.30 Å². The van der Waals surface area contributed by atoms with Crippen LogP contribution in [0.5, 0.6) is 0 Å². The Labute approximate surface area is 76.0 Å². The molecule has 1 rings (SSSR count). The molecule has 3 N–H and O–H groups in total. The second-order valence-electron chi connectivity index (χ2n) is 2.51. The third-order valence-electron chi connectivity index (χ3n) is 1.34. The van der Waals surface area contributed by atoms with Crippen LogP contribution in [-0.4, -0.2) is 27.4 Å². The van der Waals surface area contributed by atoms with Gasteiger partial charge in [-0.05, 0) is 12.8 Å². The second kappa shape index (κ2) is 6.08. The fourth-order valence-electron chi connectivity index (χ4n) is 0.907. The maximum atomic E-state index is 8.88. The van der Waals surface area contributed by atoms with E-state index in [2.05, 4.69) is 6.07 Å². The van der Waals surface area contributed by atoms with Gasteiger partial charge >= 0.3 is 7.82 Å². The Morgan fingerprint density at radius 3 is 2.38 bits per heavy atom. The van der Waals surface area contributed by atoms with Crippen LogP contribution >= 0.6 is 7.82 Å². The van der Waals surface area contributed by atoms with Crippen molar-refractivity contribution in [2.45, 2.75) is 25.4 Å². The second-order valence-corrected chi connectivity index (χ2v) is 3.54. The number of hydrogen-bond donors (Lipinski definition) is 3. The van der Waals surface area contributed by atoms with Crippen LogP contribution in [0.15, 0.2) is 0 Å². The Balaban J connectivity index is 0.000000252. The minimum Gasteiger partial charge on any atom is -0.377 e. The summed E-state index contributed by atoms with van der Waals surface area (Å²) in [6, 6.07) is 2.08. The lowest BCUT2D eigenvalue weighted by Gasteiger charge is -1.99. The molecule has 1 fully saturated rings. The van der Waals surface area contributed by atoms with Gasteiger partial charge in [0.15, 0.2) is 0 Å². The summed E-state index contributed by atoms with van der Waals surface area (Å²) >= 11 is 0. The van der Waals surface area contributed by atoms with Gasteiger partial charge in [-0.1, -0.05) is 0 Å². The van der Waals surface area contributed by atoms with E-state index < -0.39 is 7.82 Å². The lowest BCUT2D eigenvalue weighted by molar-refractivity contribution is 0.115. The van der Waals surface area contributed by atoms with Gasteiger partial charge in [0.1, 0.15) is 0 Å². The van der Waals surface area contributed by atoms with Gasteiger partial charge in [-0.2, -0.15) is 5.26 Å². The predicted octanol–water partition coefficient (Wildman–Crippen LogP) is 0.150. The SMILES string of the molecule is N#CCC1CCCO1.O=P(O)(O)O. The largest absolute Gasteiger partial charge is 0.466 e. The highest BCUT2D eigenvalue weighted by Gasteiger charge is 2.13. The van der Waals surface area contributed by atoms with Crippen molar-refractivity contribution in [3.63, 3.8) is 0 Å². The first-order valence-electron chi connectivity index (χ1n) is 3.70. The third kappa shape index (κ3) is 11.6. The van der Waals surface area contributed by atoms with Gasteiger partial charge in [-0.15, -0.1) is 0 Å². The van der Waals surface area contributed by atoms with Gasteiger partial charge in [0.2, 0.25) is 0 Å². The number of rotatable bonds is 1. The molecule has 1 atom stereocenters. The molecule has 1 aliphatic heterocycles. The molecule has 1 unspecified atom stereocenters.